The molecule has 0 unspecified atom stereocenters. The minimum Gasteiger partial charge on any atom is -0.469 e. The summed E-state index contributed by atoms with van der Waals surface area (Å²) < 4.78 is 17.8. The maximum Gasteiger partial charge on any atom is 0.317 e. The Morgan fingerprint density at radius 3 is 2.78 bits per heavy atom. The number of nitrogens with one attached hydrogen (secondary N) is 1. The van der Waals surface area contributed by atoms with Crippen molar-refractivity contribution in [1.29, 1.82) is 0 Å². The van der Waals surface area contributed by atoms with Gasteiger partial charge in [0.25, 0.3) is 0 Å². The number of methoxy groups -OCH3 is 1. The molecular formula is C17H23FN2O3. The Morgan fingerprint density at radius 1 is 1.35 bits per heavy atom. The van der Waals surface area contributed by atoms with Crippen LogP contribution in [-0.2, 0) is 16.1 Å². The fraction of sp³-hybridized carbons (Fsp3) is 0.529. The minimum atomic E-state index is -0.290. The minimum absolute atomic E-state index is 0.130. The summed E-state index contributed by atoms with van der Waals surface area (Å²) in [6.07, 6.45) is 3.75. The van der Waals surface area contributed by atoms with Crippen LogP contribution in [-0.4, -0.2) is 36.6 Å². The molecule has 0 bridgehead atoms. The largest absolute Gasteiger partial charge is 0.469 e. The van der Waals surface area contributed by atoms with Gasteiger partial charge in [-0.25, -0.2) is 9.18 Å². The smallest absolute Gasteiger partial charge is 0.317 e. The maximum atomic E-state index is 13.3. The van der Waals surface area contributed by atoms with E-state index < -0.39 is 0 Å². The van der Waals surface area contributed by atoms with Crippen molar-refractivity contribution < 1.29 is 18.7 Å². The molecule has 0 radical (unpaired) electrons. The summed E-state index contributed by atoms with van der Waals surface area (Å²) in [4.78, 5) is 25.1. The molecule has 1 saturated carbocycles. The van der Waals surface area contributed by atoms with Gasteiger partial charge in [-0.3, -0.25) is 4.79 Å². The maximum absolute atomic E-state index is 13.3. The van der Waals surface area contributed by atoms with Crippen LogP contribution in [0, 0.1) is 5.82 Å². The third kappa shape index (κ3) is 5.88. The predicted molar refractivity (Wildman–Crippen MR) is 84.2 cm³/mol. The highest BCUT2D eigenvalue weighted by atomic mass is 19.1. The highest BCUT2D eigenvalue weighted by molar-refractivity contribution is 5.75. The summed E-state index contributed by atoms with van der Waals surface area (Å²) in [5, 5.41) is 2.87. The van der Waals surface area contributed by atoms with Crippen LogP contribution in [0.2, 0.25) is 0 Å². The van der Waals surface area contributed by atoms with Gasteiger partial charge in [0.2, 0.25) is 0 Å². The molecule has 1 fully saturated rings. The first-order valence-electron chi connectivity index (χ1n) is 7.96. The third-order valence-corrected chi connectivity index (χ3v) is 3.80. The SMILES string of the molecule is COC(=O)CCCCNC(=O)N(Cc1cccc(F)c1)C1CC1. The van der Waals surface area contributed by atoms with Crippen LogP contribution in [0.1, 0.15) is 37.7 Å². The second-order valence-corrected chi connectivity index (χ2v) is 5.75. The number of carbonyl (C=O) groups is 2. The molecule has 1 aliphatic carbocycles. The van der Waals surface area contributed by atoms with Crippen molar-refractivity contribution in [2.75, 3.05) is 13.7 Å². The molecule has 0 aliphatic heterocycles. The Bertz CT molecular complexity index is 546. The highest BCUT2D eigenvalue weighted by Crippen LogP contribution is 2.28. The number of hydrogen-bond donors (Lipinski definition) is 1. The van der Waals surface area contributed by atoms with Crippen molar-refractivity contribution in [3.63, 3.8) is 0 Å². The molecule has 1 aromatic rings. The van der Waals surface area contributed by atoms with E-state index in [0.717, 1.165) is 24.8 Å². The molecule has 5 nitrogen and oxygen atoms in total. The normalized spacial score (nSPS) is 13.5. The Kier molecular flexibility index (Phi) is 6.38. The number of esters is 1. The topological polar surface area (TPSA) is 58.6 Å². The molecule has 6 heteroatoms. The zero-order valence-corrected chi connectivity index (χ0v) is 13.4. The standard InChI is InChI=1S/C17H23FN2O3/c1-23-16(21)7-2-3-10-19-17(22)20(15-8-9-15)12-13-5-4-6-14(18)11-13/h4-6,11,15H,2-3,7-10,12H2,1H3,(H,19,22). The first-order valence-corrected chi connectivity index (χ1v) is 7.96. The van der Waals surface area contributed by atoms with E-state index in [1.165, 1.54) is 19.2 Å². The molecule has 0 heterocycles. The van der Waals surface area contributed by atoms with Gasteiger partial charge in [0.1, 0.15) is 5.82 Å². The van der Waals surface area contributed by atoms with E-state index in [9.17, 15) is 14.0 Å². The summed E-state index contributed by atoms with van der Waals surface area (Å²) in [7, 11) is 1.37. The molecule has 1 N–H and O–H groups in total. The van der Waals surface area contributed by atoms with Crippen molar-refractivity contribution in [1.82, 2.24) is 10.2 Å². The van der Waals surface area contributed by atoms with E-state index >= 15 is 0 Å². The molecule has 1 aromatic carbocycles. The number of hydrogen-bond acceptors (Lipinski definition) is 3. The zero-order valence-electron chi connectivity index (χ0n) is 13.4. The zero-order chi connectivity index (χ0) is 16.7. The Balaban J connectivity index is 1.77. The van der Waals surface area contributed by atoms with Gasteiger partial charge in [-0.15, -0.1) is 0 Å². The van der Waals surface area contributed by atoms with Gasteiger partial charge in [-0.05, 0) is 43.4 Å². The van der Waals surface area contributed by atoms with Gasteiger partial charge in [0, 0.05) is 25.6 Å². The van der Waals surface area contributed by atoms with Crippen LogP contribution in [0.4, 0.5) is 9.18 Å². The highest BCUT2D eigenvalue weighted by Gasteiger charge is 2.32. The number of ether oxygens (including phenoxy) is 1. The molecular weight excluding hydrogens is 299 g/mol. The van der Waals surface area contributed by atoms with Gasteiger partial charge < -0.3 is 15.0 Å². The fourth-order valence-electron chi connectivity index (χ4n) is 2.38. The second kappa shape index (κ2) is 8.50. The van der Waals surface area contributed by atoms with Crippen molar-refractivity contribution in [2.24, 2.45) is 0 Å². The number of unbranched alkanes of at least 4 members (excludes halogenated alkanes) is 1. The second-order valence-electron chi connectivity index (χ2n) is 5.75. The lowest BCUT2D eigenvalue weighted by Crippen LogP contribution is -2.41. The van der Waals surface area contributed by atoms with Gasteiger partial charge in [-0.2, -0.15) is 0 Å². The van der Waals surface area contributed by atoms with Crippen LogP contribution >= 0.6 is 0 Å². The fourth-order valence-corrected chi connectivity index (χ4v) is 2.38. The van der Waals surface area contributed by atoms with Crippen LogP contribution in [0.5, 0.6) is 0 Å². The van der Waals surface area contributed by atoms with E-state index in [1.807, 2.05) is 6.07 Å². The molecule has 2 rings (SSSR count). The predicted octanol–water partition coefficient (Wildman–Crippen LogP) is 2.84. The average Bonchev–Trinajstić information content (AvgIpc) is 3.36. The van der Waals surface area contributed by atoms with Crippen LogP contribution < -0.4 is 5.32 Å². The number of carbonyl (C=O) groups excluding carboxylic acids is 2. The first kappa shape index (κ1) is 17.2. The van der Waals surface area contributed by atoms with Gasteiger partial charge in [0.05, 0.1) is 7.11 Å². The Hall–Kier alpha value is -2.11. The van der Waals surface area contributed by atoms with Crippen LogP contribution in [0.15, 0.2) is 24.3 Å². The van der Waals surface area contributed by atoms with Crippen molar-refractivity contribution in [3.05, 3.63) is 35.6 Å². The number of halogens is 1. The molecule has 2 amide bonds. The van der Waals surface area contributed by atoms with E-state index in [4.69, 9.17) is 0 Å². The molecule has 0 spiro atoms. The quantitative estimate of drug-likeness (QED) is 0.591. The van der Waals surface area contributed by atoms with E-state index in [0.29, 0.717) is 25.9 Å². The number of amides is 2. The summed E-state index contributed by atoms with van der Waals surface area (Å²) in [5.41, 5.74) is 0.790. The molecule has 1 aliphatic rings. The van der Waals surface area contributed by atoms with Crippen LogP contribution in [0.3, 0.4) is 0 Å². The number of benzene rings is 1. The summed E-state index contributed by atoms with van der Waals surface area (Å²) in [5.74, 6) is -0.525. The van der Waals surface area contributed by atoms with E-state index in [2.05, 4.69) is 10.1 Å². The van der Waals surface area contributed by atoms with Crippen molar-refractivity contribution in [3.8, 4) is 0 Å². The lowest BCUT2D eigenvalue weighted by atomic mass is 10.2. The number of rotatable bonds is 8. The third-order valence-electron chi connectivity index (χ3n) is 3.80. The van der Waals surface area contributed by atoms with Gasteiger partial charge in [0.15, 0.2) is 0 Å². The summed E-state index contributed by atoms with van der Waals surface area (Å²) >= 11 is 0. The molecule has 126 valence electrons. The Morgan fingerprint density at radius 2 is 2.13 bits per heavy atom. The molecule has 0 saturated heterocycles. The van der Waals surface area contributed by atoms with Crippen molar-refractivity contribution >= 4 is 12.0 Å². The molecule has 23 heavy (non-hydrogen) atoms. The summed E-state index contributed by atoms with van der Waals surface area (Å²) in [6, 6.07) is 6.44. The average molecular weight is 322 g/mol. The number of nitrogens with zero attached hydrogens (tertiary/aromatic N) is 1. The van der Waals surface area contributed by atoms with Gasteiger partial charge in [-0.1, -0.05) is 12.1 Å². The lowest BCUT2D eigenvalue weighted by molar-refractivity contribution is -0.140. The van der Waals surface area contributed by atoms with E-state index in [1.54, 1.807) is 11.0 Å². The Labute approximate surface area is 135 Å². The monoisotopic (exact) mass is 322 g/mol. The molecule has 0 atom stereocenters. The van der Waals surface area contributed by atoms with E-state index in [-0.39, 0.29) is 23.9 Å². The van der Waals surface area contributed by atoms with Gasteiger partial charge >= 0.3 is 12.0 Å². The molecule has 0 aromatic heterocycles. The lowest BCUT2D eigenvalue weighted by Gasteiger charge is -2.23. The van der Waals surface area contributed by atoms with Crippen LogP contribution in [0.25, 0.3) is 0 Å². The van der Waals surface area contributed by atoms with Crippen molar-refractivity contribution in [2.45, 2.75) is 44.7 Å². The first-order chi connectivity index (χ1) is 11.1. The number of urea groups is 1. The summed E-state index contributed by atoms with van der Waals surface area (Å²) in [6.45, 7) is 0.929.